The van der Waals surface area contributed by atoms with Crippen LogP contribution in [-0.4, -0.2) is 40.1 Å². The first-order chi connectivity index (χ1) is 21.5. The number of benzene rings is 3. The van der Waals surface area contributed by atoms with Gasteiger partial charge in [-0.15, -0.1) is 0 Å². The molecular weight excluding hydrogens is 642 g/mol. The third-order valence-corrected chi connectivity index (χ3v) is 8.77. The zero-order valence-electron chi connectivity index (χ0n) is 24.2. The third kappa shape index (κ3) is 5.55. The summed E-state index contributed by atoms with van der Waals surface area (Å²) in [5, 5.41) is 11.4. The van der Waals surface area contributed by atoms with Crippen molar-refractivity contribution >= 4 is 61.8 Å². The fourth-order valence-electron chi connectivity index (χ4n) is 6.02. The van der Waals surface area contributed by atoms with Crippen LogP contribution in [0.3, 0.4) is 0 Å². The number of hydrogen-bond donors (Lipinski definition) is 0. The number of carbonyl (C=O) groups is 4. The summed E-state index contributed by atoms with van der Waals surface area (Å²) in [5.74, 6) is -2.40. The highest BCUT2D eigenvalue weighted by Crippen LogP contribution is 2.41. The Kier molecular flexibility index (Phi) is 7.88. The average molecular weight is 669 g/mol. The van der Waals surface area contributed by atoms with Crippen molar-refractivity contribution in [3.8, 4) is 11.3 Å². The molecule has 2 aliphatic rings. The van der Waals surface area contributed by atoms with Crippen LogP contribution in [0.5, 0.6) is 0 Å². The highest BCUT2D eigenvalue weighted by Gasteiger charge is 2.50. The van der Waals surface area contributed by atoms with E-state index >= 15 is 0 Å². The van der Waals surface area contributed by atoms with E-state index in [1.165, 1.54) is 29.2 Å². The van der Waals surface area contributed by atoms with Crippen LogP contribution in [0.25, 0.3) is 22.2 Å². The second kappa shape index (κ2) is 11.8. The fourth-order valence-corrected chi connectivity index (χ4v) is 6.59. The molecule has 1 aliphatic heterocycles. The van der Waals surface area contributed by atoms with Crippen molar-refractivity contribution < 1.29 is 28.8 Å². The number of aromatic nitrogens is 1. The number of nitrogens with zero attached hydrogens (tertiary/aromatic N) is 3. The number of amides is 2. The van der Waals surface area contributed by atoms with Crippen molar-refractivity contribution in [3.63, 3.8) is 0 Å². The minimum absolute atomic E-state index is 0.0165. The van der Waals surface area contributed by atoms with Crippen LogP contribution < -0.4 is 4.90 Å². The molecular formula is C34H26BrN3O7. The summed E-state index contributed by atoms with van der Waals surface area (Å²) >= 11 is 3.47. The van der Waals surface area contributed by atoms with Gasteiger partial charge in [-0.3, -0.25) is 29.4 Å². The van der Waals surface area contributed by atoms with Gasteiger partial charge in [0.15, 0.2) is 12.4 Å². The summed E-state index contributed by atoms with van der Waals surface area (Å²) in [4.78, 5) is 68.9. The Morgan fingerprint density at radius 3 is 2.42 bits per heavy atom. The minimum atomic E-state index is -0.744. The van der Waals surface area contributed by atoms with Gasteiger partial charge in [0, 0.05) is 33.1 Å². The number of ketones is 1. The van der Waals surface area contributed by atoms with Crippen molar-refractivity contribution in [2.45, 2.75) is 20.3 Å². The van der Waals surface area contributed by atoms with E-state index in [9.17, 15) is 29.3 Å². The first kappa shape index (κ1) is 30.0. The molecule has 11 heteroatoms. The van der Waals surface area contributed by atoms with Gasteiger partial charge in [-0.1, -0.05) is 47.1 Å². The van der Waals surface area contributed by atoms with E-state index in [1.54, 1.807) is 36.4 Å². The predicted molar refractivity (Wildman–Crippen MR) is 170 cm³/mol. The fraction of sp³-hybridized carbons (Fsp3) is 0.206. The Hall–Kier alpha value is -5.03. The van der Waals surface area contributed by atoms with Crippen molar-refractivity contribution in [1.82, 2.24) is 4.98 Å². The van der Waals surface area contributed by atoms with Crippen LogP contribution in [0.1, 0.15) is 39.6 Å². The van der Waals surface area contributed by atoms with E-state index in [4.69, 9.17) is 9.72 Å². The average Bonchev–Trinajstić information content (AvgIpc) is 3.29. The molecule has 0 bridgehead atoms. The smallest absolute Gasteiger partial charge is 0.339 e. The van der Waals surface area contributed by atoms with Gasteiger partial charge in [-0.2, -0.15) is 0 Å². The second-order valence-corrected chi connectivity index (χ2v) is 12.1. The van der Waals surface area contributed by atoms with E-state index in [2.05, 4.69) is 15.9 Å². The number of nitro benzene ring substituents is 1. The number of aryl methyl sites for hydroxylation is 1. The lowest BCUT2D eigenvalue weighted by Crippen LogP contribution is -2.31. The maximum absolute atomic E-state index is 13.4. The van der Waals surface area contributed by atoms with Crippen LogP contribution >= 0.6 is 15.9 Å². The minimum Gasteiger partial charge on any atom is -0.454 e. The van der Waals surface area contributed by atoms with Gasteiger partial charge in [0.2, 0.25) is 11.8 Å². The Bertz CT molecular complexity index is 1940. The van der Waals surface area contributed by atoms with E-state index in [1.807, 2.05) is 32.1 Å². The molecule has 0 radical (unpaired) electrons. The largest absolute Gasteiger partial charge is 0.454 e. The maximum Gasteiger partial charge on any atom is 0.339 e. The molecule has 3 aromatic carbocycles. The third-order valence-electron chi connectivity index (χ3n) is 8.32. The highest BCUT2D eigenvalue weighted by molar-refractivity contribution is 9.10. The van der Waals surface area contributed by atoms with Crippen LogP contribution in [0.4, 0.5) is 11.4 Å². The summed E-state index contributed by atoms with van der Waals surface area (Å²) in [7, 11) is 0. The Balaban J connectivity index is 1.29. The number of rotatable bonds is 7. The van der Waals surface area contributed by atoms with Crippen molar-refractivity contribution in [1.29, 1.82) is 0 Å². The summed E-state index contributed by atoms with van der Waals surface area (Å²) in [6, 6.07) is 17.1. The van der Waals surface area contributed by atoms with E-state index in [0.29, 0.717) is 34.3 Å². The molecule has 0 N–H and O–H groups in total. The number of esters is 1. The van der Waals surface area contributed by atoms with Gasteiger partial charge in [0.25, 0.3) is 5.69 Å². The first-order valence-electron chi connectivity index (χ1n) is 14.2. The predicted octanol–water partition coefficient (Wildman–Crippen LogP) is 6.62. The van der Waals surface area contributed by atoms with Crippen LogP contribution in [0.15, 0.2) is 83.4 Å². The molecule has 0 spiro atoms. The monoisotopic (exact) mass is 667 g/mol. The molecule has 1 saturated heterocycles. The lowest BCUT2D eigenvalue weighted by Gasteiger charge is -2.22. The molecule has 1 fully saturated rings. The van der Waals surface area contributed by atoms with Crippen molar-refractivity contribution in [2.24, 2.45) is 17.8 Å². The summed E-state index contributed by atoms with van der Waals surface area (Å²) in [5.41, 5.74) is 3.14. The van der Waals surface area contributed by atoms with Gasteiger partial charge in [0.05, 0.1) is 39.2 Å². The number of pyridine rings is 1. The van der Waals surface area contributed by atoms with E-state index < -0.39 is 23.3 Å². The Morgan fingerprint density at radius 2 is 1.76 bits per heavy atom. The zero-order valence-corrected chi connectivity index (χ0v) is 25.8. The number of ether oxygens (including phenoxy) is 1. The number of halogens is 1. The molecule has 2 amide bonds. The number of anilines is 1. The van der Waals surface area contributed by atoms with Crippen molar-refractivity contribution in [2.75, 3.05) is 11.5 Å². The normalized spacial score (nSPS) is 19.1. The Morgan fingerprint density at radius 1 is 1.04 bits per heavy atom. The molecule has 3 atom stereocenters. The van der Waals surface area contributed by atoms with Gasteiger partial charge in [-0.25, -0.2) is 9.78 Å². The quantitative estimate of drug-likeness (QED) is 0.0535. The zero-order chi connectivity index (χ0) is 32.0. The number of Topliss-reactive ketones (excluding diaryl/α,β-unsaturated/α-hetero) is 1. The number of carbonyl (C=O) groups excluding carboxylic acids is 4. The lowest BCUT2D eigenvalue weighted by atomic mass is 9.78. The van der Waals surface area contributed by atoms with Crippen LogP contribution in [-0.2, 0) is 14.3 Å². The van der Waals surface area contributed by atoms with Gasteiger partial charge < -0.3 is 4.74 Å². The topological polar surface area (TPSA) is 137 Å². The van der Waals surface area contributed by atoms with Gasteiger partial charge >= 0.3 is 5.97 Å². The first-order valence-corrected chi connectivity index (χ1v) is 15.0. The molecule has 45 heavy (non-hydrogen) atoms. The van der Waals surface area contributed by atoms with Crippen molar-refractivity contribution in [3.05, 3.63) is 110 Å². The number of hydrogen-bond acceptors (Lipinski definition) is 8. The number of allylic oxidation sites excluding steroid dienone is 2. The van der Waals surface area contributed by atoms with Gasteiger partial charge in [-0.05, 0) is 67.3 Å². The number of imide groups is 1. The molecule has 2 heterocycles. The summed E-state index contributed by atoms with van der Waals surface area (Å²) in [6.45, 7) is 3.25. The molecule has 4 aromatic rings. The van der Waals surface area contributed by atoms with E-state index in [0.717, 1.165) is 10.0 Å². The molecule has 6 rings (SSSR count). The van der Waals surface area contributed by atoms with E-state index in [-0.39, 0.29) is 46.4 Å². The summed E-state index contributed by atoms with van der Waals surface area (Å²) in [6.07, 6.45) is 4.49. The van der Waals surface area contributed by atoms with Crippen LogP contribution in [0.2, 0.25) is 0 Å². The molecule has 1 aromatic heterocycles. The molecule has 3 unspecified atom stereocenters. The molecule has 10 nitrogen and oxygen atoms in total. The number of nitro groups is 1. The number of non-ortho nitro benzene ring substituents is 1. The summed E-state index contributed by atoms with van der Waals surface area (Å²) < 4.78 is 6.14. The molecule has 1 aliphatic carbocycles. The molecule has 0 saturated carbocycles. The number of fused-ring (bicyclic) bond motifs is 2. The lowest BCUT2D eigenvalue weighted by molar-refractivity contribution is -0.384. The standard InChI is InChI=1S/C34H26BrN3O7/c1-18-4-3-5-25-30(18)33(41)37(32(25)40)23-10-6-20(7-11-23)28-16-27(26-15-22(35)14-19(2)31(26)36-28)34(42)45-17-29(39)21-8-12-24(13-9-21)38(43)44/h3-4,6-16,18,25,30H,5,17H2,1-2H3. The second-order valence-electron chi connectivity index (χ2n) is 11.2. The van der Waals surface area contributed by atoms with Gasteiger partial charge in [0.1, 0.15) is 0 Å². The maximum atomic E-state index is 13.4. The molecule has 226 valence electrons. The SMILES string of the molecule is Cc1cc(Br)cc2c(C(=O)OCC(=O)c3ccc([N+](=O)[O-])cc3)cc(-c3ccc(N4C(=O)C5CC=CC(C)C5C4=O)cc3)nc12. The highest BCUT2D eigenvalue weighted by atomic mass is 79.9. The van der Waals surface area contributed by atoms with Crippen LogP contribution in [0, 0.1) is 34.8 Å². The Labute approximate surface area is 266 Å².